The summed E-state index contributed by atoms with van der Waals surface area (Å²) in [5.41, 5.74) is 11.6. The number of nitrogens with two attached hydrogens (primary N) is 2. The Morgan fingerprint density at radius 1 is 1.53 bits per heavy atom. The van der Waals surface area contributed by atoms with Gasteiger partial charge >= 0.3 is 0 Å². The van der Waals surface area contributed by atoms with E-state index in [0.717, 1.165) is 0 Å². The minimum Gasteiger partial charge on any atom is -0.397 e. The van der Waals surface area contributed by atoms with Crippen molar-refractivity contribution in [2.45, 2.75) is 32.2 Å². The number of nitrogen functional groups attached to an aromatic ring is 1. The number of carbonyl (C=O) groups is 1. The first-order chi connectivity index (χ1) is 7.90. The van der Waals surface area contributed by atoms with Gasteiger partial charge in [-0.2, -0.15) is 0 Å². The molecule has 0 radical (unpaired) electrons. The molecule has 1 fully saturated rings. The van der Waals surface area contributed by atoms with Gasteiger partial charge in [-0.1, -0.05) is 0 Å². The number of nitrogens with zero attached hydrogens (tertiary/aromatic N) is 1. The molecule has 0 spiro atoms. The number of aromatic nitrogens is 1. The molecule has 0 aliphatic heterocycles. The molecule has 1 saturated carbocycles. The average molecular weight is 234 g/mol. The topological polar surface area (TPSA) is 94.0 Å². The third-order valence-corrected chi connectivity index (χ3v) is 3.21. The largest absolute Gasteiger partial charge is 0.397 e. The number of carbonyl (C=O) groups excluding carboxylic acids is 1. The number of hydrogen-bond donors (Lipinski definition) is 3. The first-order valence-corrected chi connectivity index (χ1v) is 5.73. The van der Waals surface area contributed by atoms with E-state index in [1.54, 1.807) is 6.07 Å². The summed E-state index contributed by atoms with van der Waals surface area (Å²) in [6.07, 6.45) is 3.94. The van der Waals surface area contributed by atoms with Crippen LogP contribution >= 0.6 is 0 Å². The predicted octanol–water partition coefficient (Wildman–Crippen LogP) is 1.36. The number of primary amides is 1. The van der Waals surface area contributed by atoms with Crippen LogP contribution in [0, 0.1) is 5.92 Å². The van der Waals surface area contributed by atoms with Crippen molar-refractivity contribution in [3.63, 3.8) is 0 Å². The van der Waals surface area contributed by atoms with Gasteiger partial charge in [0, 0.05) is 5.54 Å². The fraction of sp³-hybridized carbons (Fsp3) is 0.500. The van der Waals surface area contributed by atoms with Crippen molar-refractivity contribution in [1.82, 2.24) is 4.98 Å². The van der Waals surface area contributed by atoms with Crippen molar-refractivity contribution < 1.29 is 4.79 Å². The molecule has 1 aliphatic carbocycles. The smallest absolute Gasteiger partial charge is 0.252 e. The molecular weight excluding hydrogens is 216 g/mol. The minimum absolute atomic E-state index is 0.0761. The molecular formula is C12H18N4O. The maximum absolute atomic E-state index is 11.3. The second kappa shape index (κ2) is 3.91. The van der Waals surface area contributed by atoms with E-state index in [1.165, 1.54) is 19.0 Å². The normalized spacial score (nSPS) is 15.6. The first-order valence-electron chi connectivity index (χ1n) is 5.73. The fourth-order valence-electron chi connectivity index (χ4n) is 1.98. The minimum atomic E-state index is -0.515. The van der Waals surface area contributed by atoms with Crippen molar-refractivity contribution in [2.24, 2.45) is 11.7 Å². The van der Waals surface area contributed by atoms with Crippen LogP contribution in [0.25, 0.3) is 0 Å². The van der Waals surface area contributed by atoms with Crippen LogP contribution in [0.3, 0.4) is 0 Å². The molecule has 2 rings (SSSR count). The fourth-order valence-corrected chi connectivity index (χ4v) is 1.98. The Bertz CT molecular complexity index is 452. The van der Waals surface area contributed by atoms with Gasteiger partial charge in [-0.25, -0.2) is 4.98 Å². The molecule has 0 unspecified atom stereocenters. The molecule has 1 amide bonds. The van der Waals surface area contributed by atoms with Gasteiger partial charge in [-0.05, 0) is 38.7 Å². The predicted molar refractivity (Wildman–Crippen MR) is 67.6 cm³/mol. The van der Waals surface area contributed by atoms with E-state index in [0.29, 0.717) is 23.0 Å². The quantitative estimate of drug-likeness (QED) is 0.733. The van der Waals surface area contributed by atoms with Crippen LogP contribution < -0.4 is 16.8 Å². The molecule has 5 N–H and O–H groups in total. The van der Waals surface area contributed by atoms with Crippen molar-refractivity contribution in [1.29, 1.82) is 0 Å². The lowest BCUT2D eigenvalue weighted by Crippen LogP contribution is -2.35. The van der Waals surface area contributed by atoms with E-state index in [-0.39, 0.29) is 5.54 Å². The molecule has 0 saturated heterocycles. The summed E-state index contributed by atoms with van der Waals surface area (Å²) in [6, 6.07) is 1.56. The number of hydrogen-bond acceptors (Lipinski definition) is 4. The van der Waals surface area contributed by atoms with Crippen LogP contribution in [0.5, 0.6) is 0 Å². The molecule has 1 aliphatic rings. The van der Waals surface area contributed by atoms with Gasteiger partial charge < -0.3 is 16.8 Å². The molecule has 5 nitrogen and oxygen atoms in total. The van der Waals surface area contributed by atoms with Gasteiger partial charge in [-0.3, -0.25) is 4.79 Å². The molecule has 1 aromatic rings. The van der Waals surface area contributed by atoms with Crippen molar-refractivity contribution in [2.75, 3.05) is 11.1 Å². The summed E-state index contributed by atoms with van der Waals surface area (Å²) >= 11 is 0. The van der Waals surface area contributed by atoms with E-state index in [4.69, 9.17) is 11.5 Å². The highest BCUT2D eigenvalue weighted by Crippen LogP contribution is 2.41. The van der Waals surface area contributed by atoms with E-state index in [1.807, 2.05) is 0 Å². The number of amides is 1. The Labute approximate surface area is 101 Å². The monoisotopic (exact) mass is 234 g/mol. The highest BCUT2D eigenvalue weighted by molar-refractivity contribution is 5.98. The Hall–Kier alpha value is -1.78. The van der Waals surface area contributed by atoms with Crippen LogP contribution in [-0.4, -0.2) is 16.4 Å². The summed E-state index contributed by atoms with van der Waals surface area (Å²) in [6.45, 7) is 4.21. The molecule has 5 heteroatoms. The van der Waals surface area contributed by atoms with Gasteiger partial charge in [-0.15, -0.1) is 0 Å². The number of anilines is 2. The maximum Gasteiger partial charge on any atom is 0.252 e. The summed E-state index contributed by atoms with van der Waals surface area (Å²) in [5, 5.41) is 3.29. The molecule has 92 valence electrons. The van der Waals surface area contributed by atoms with E-state index in [2.05, 4.69) is 24.1 Å². The zero-order valence-corrected chi connectivity index (χ0v) is 10.2. The zero-order valence-electron chi connectivity index (χ0n) is 10.2. The zero-order chi connectivity index (χ0) is 12.6. The number of pyridine rings is 1. The van der Waals surface area contributed by atoms with Crippen molar-refractivity contribution in [3.05, 3.63) is 17.8 Å². The van der Waals surface area contributed by atoms with E-state index < -0.39 is 5.91 Å². The molecule has 0 atom stereocenters. The lowest BCUT2D eigenvalue weighted by molar-refractivity contribution is 0.100. The van der Waals surface area contributed by atoms with Crippen LogP contribution in [0.4, 0.5) is 11.5 Å². The lowest BCUT2D eigenvalue weighted by atomic mass is 9.98. The van der Waals surface area contributed by atoms with Crippen molar-refractivity contribution in [3.8, 4) is 0 Å². The maximum atomic E-state index is 11.3. The van der Waals surface area contributed by atoms with Gasteiger partial charge in [0.05, 0.1) is 17.4 Å². The number of rotatable bonds is 4. The lowest BCUT2D eigenvalue weighted by Gasteiger charge is -2.27. The second-order valence-electron chi connectivity index (χ2n) is 5.15. The highest BCUT2D eigenvalue weighted by atomic mass is 16.1. The van der Waals surface area contributed by atoms with Gasteiger partial charge in [0.25, 0.3) is 5.91 Å². The standard InChI is InChI=1S/C12H18N4O/c1-12(2,7-3-4-7)16-11-9(10(14)17)5-8(13)6-15-11/h5-7H,3-4,13H2,1-2H3,(H2,14,17)(H,15,16). The van der Waals surface area contributed by atoms with Crippen molar-refractivity contribution >= 4 is 17.4 Å². The molecule has 0 bridgehead atoms. The Kier molecular flexibility index (Phi) is 2.69. The average Bonchev–Trinajstić information content (AvgIpc) is 3.03. The van der Waals surface area contributed by atoms with Gasteiger partial charge in [0.15, 0.2) is 0 Å². The highest BCUT2D eigenvalue weighted by Gasteiger charge is 2.38. The number of nitrogens with one attached hydrogen (secondary N) is 1. The molecule has 1 aromatic heterocycles. The Morgan fingerprint density at radius 3 is 2.71 bits per heavy atom. The van der Waals surface area contributed by atoms with E-state index >= 15 is 0 Å². The van der Waals surface area contributed by atoms with Gasteiger partial charge in [0.1, 0.15) is 5.82 Å². The van der Waals surface area contributed by atoms with Crippen LogP contribution in [0.2, 0.25) is 0 Å². The third kappa shape index (κ3) is 2.49. The third-order valence-electron chi connectivity index (χ3n) is 3.21. The molecule has 17 heavy (non-hydrogen) atoms. The summed E-state index contributed by atoms with van der Waals surface area (Å²) in [7, 11) is 0. The SMILES string of the molecule is CC(C)(Nc1ncc(N)cc1C(N)=O)C1CC1. The second-order valence-corrected chi connectivity index (χ2v) is 5.15. The van der Waals surface area contributed by atoms with Crippen LogP contribution in [-0.2, 0) is 0 Å². The first kappa shape index (κ1) is 11.7. The van der Waals surface area contributed by atoms with Crippen LogP contribution in [0.1, 0.15) is 37.0 Å². The Balaban J connectivity index is 2.28. The summed E-state index contributed by atoms with van der Waals surface area (Å²) in [5.74, 6) is 0.630. The Morgan fingerprint density at radius 2 is 2.18 bits per heavy atom. The molecule has 1 heterocycles. The van der Waals surface area contributed by atoms with Gasteiger partial charge in [0.2, 0.25) is 0 Å². The van der Waals surface area contributed by atoms with Crippen LogP contribution in [0.15, 0.2) is 12.3 Å². The summed E-state index contributed by atoms with van der Waals surface area (Å²) < 4.78 is 0. The molecule has 0 aromatic carbocycles. The summed E-state index contributed by atoms with van der Waals surface area (Å²) in [4.78, 5) is 15.5. The van der Waals surface area contributed by atoms with E-state index in [9.17, 15) is 4.79 Å².